The van der Waals surface area contributed by atoms with E-state index in [0.29, 0.717) is 11.7 Å². The second kappa shape index (κ2) is 4.18. The summed E-state index contributed by atoms with van der Waals surface area (Å²) in [7, 11) is -0.899. The first-order chi connectivity index (χ1) is 4.48. The Balaban J connectivity index is 3.46. The predicted octanol–water partition coefficient (Wildman–Crippen LogP) is 1.92. The Hall–Kier alpha value is 0.230. The molecule has 0 atom stereocenters. The third kappa shape index (κ3) is 5.05. The van der Waals surface area contributed by atoms with Crippen molar-refractivity contribution in [2.75, 3.05) is 12.8 Å². The van der Waals surface area contributed by atoms with Crippen LogP contribution in [-0.4, -0.2) is 21.9 Å². The fraction of sp³-hybridized carbons (Fsp3) is 1.00. The summed E-state index contributed by atoms with van der Waals surface area (Å²) in [5.74, 6) is 0.987. The minimum absolute atomic E-state index is 0.459. The van der Waals surface area contributed by atoms with Crippen LogP contribution in [0.4, 0.5) is 0 Å². The van der Waals surface area contributed by atoms with Gasteiger partial charge in [0, 0.05) is 7.05 Å². The quantitative estimate of drug-likeness (QED) is 0.599. The summed E-state index contributed by atoms with van der Waals surface area (Å²) in [6, 6.07) is 0. The van der Waals surface area contributed by atoms with Crippen LogP contribution in [0.25, 0.3) is 0 Å². The smallest absolute Gasteiger partial charge is 0.0530 e. The number of hydrogen-bond acceptors (Lipinski definition) is 3. The average molecular weight is 167 g/mol. The largest absolute Gasteiger partial charge is 0.286 e. The third-order valence-electron chi connectivity index (χ3n) is 1.31. The molecule has 64 valence electrons. The van der Waals surface area contributed by atoms with Crippen molar-refractivity contribution in [2.45, 2.75) is 20.3 Å². The normalized spacial score (nSPS) is 14.2. The highest BCUT2D eigenvalue weighted by Crippen LogP contribution is 2.33. The van der Waals surface area contributed by atoms with Crippen molar-refractivity contribution >= 4 is 10.8 Å². The molecule has 0 aromatic rings. The van der Waals surface area contributed by atoms with Crippen molar-refractivity contribution in [1.29, 1.82) is 0 Å². The van der Waals surface area contributed by atoms with Crippen LogP contribution in [-0.2, 0) is 0 Å². The van der Waals surface area contributed by atoms with Gasteiger partial charge in [0.25, 0.3) is 0 Å². The first kappa shape index (κ1) is 10.2. The second-order valence-corrected chi connectivity index (χ2v) is 4.91. The van der Waals surface area contributed by atoms with E-state index in [4.69, 9.17) is 9.11 Å². The minimum Gasteiger partial charge on any atom is -0.286 e. The summed E-state index contributed by atoms with van der Waals surface area (Å²) >= 11 is 0. The lowest BCUT2D eigenvalue weighted by molar-refractivity contribution is 0.466. The molecule has 0 rings (SSSR count). The number of nitrogens with one attached hydrogen (secondary N) is 1. The highest BCUT2D eigenvalue weighted by molar-refractivity contribution is 8.22. The molecule has 4 heteroatoms. The molecule has 0 unspecified atom stereocenters. The summed E-state index contributed by atoms with van der Waals surface area (Å²) < 4.78 is 20.7. The third-order valence-corrected chi connectivity index (χ3v) is 2.77. The molecule has 0 aromatic heterocycles. The molecule has 0 amide bonds. The van der Waals surface area contributed by atoms with Crippen molar-refractivity contribution < 1.29 is 9.11 Å². The molecule has 0 spiro atoms. The topological polar surface area (TPSA) is 52.5 Å². The Morgan fingerprint density at radius 2 is 1.90 bits per heavy atom. The van der Waals surface area contributed by atoms with E-state index < -0.39 is 10.8 Å². The Morgan fingerprint density at radius 3 is 2.20 bits per heavy atom. The summed E-state index contributed by atoms with van der Waals surface area (Å²) in [4.78, 5) is 0. The maximum Gasteiger partial charge on any atom is 0.0530 e. The summed E-state index contributed by atoms with van der Waals surface area (Å²) in [6.07, 6.45) is 0.850. The minimum atomic E-state index is -2.46. The van der Waals surface area contributed by atoms with Gasteiger partial charge in [-0.15, -0.1) is 10.8 Å². The maximum absolute atomic E-state index is 9.10. The molecule has 3 nitrogen and oxygen atoms in total. The van der Waals surface area contributed by atoms with Crippen LogP contribution >= 0.6 is 10.8 Å². The SMILES string of the molecule is CNS(O)(O)CCC(C)C. The lowest BCUT2D eigenvalue weighted by Crippen LogP contribution is -2.18. The lowest BCUT2D eigenvalue weighted by atomic mass is 10.2. The molecule has 0 heterocycles. The van der Waals surface area contributed by atoms with E-state index >= 15 is 0 Å². The zero-order valence-electron chi connectivity index (χ0n) is 6.79. The monoisotopic (exact) mass is 167 g/mol. The van der Waals surface area contributed by atoms with E-state index in [0.717, 1.165) is 6.42 Å². The Kier molecular flexibility index (Phi) is 4.28. The van der Waals surface area contributed by atoms with Crippen LogP contribution in [0.3, 0.4) is 0 Å². The first-order valence-electron chi connectivity index (χ1n) is 3.42. The molecule has 0 saturated carbocycles. The molecule has 3 N–H and O–H groups in total. The Labute approximate surface area is 64.3 Å². The molecular weight excluding hydrogens is 150 g/mol. The fourth-order valence-corrected chi connectivity index (χ4v) is 1.51. The molecule has 0 aliphatic heterocycles. The van der Waals surface area contributed by atoms with Crippen molar-refractivity contribution in [1.82, 2.24) is 4.72 Å². The van der Waals surface area contributed by atoms with Gasteiger partial charge < -0.3 is 0 Å². The van der Waals surface area contributed by atoms with Crippen LogP contribution in [0.1, 0.15) is 20.3 Å². The van der Waals surface area contributed by atoms with Gasteiger partial charge >= 0.3 is 0 Å². The molecule has 0 aliphatic rings. The Bertz CT molecular complexity index is 95.7. The lowest BCUT2D eigenvalue weighted by Gasteiger charge is -2.31. The zero-order chi connectivity index (χ0) is 8.20. The predicted molar refractivity (Wildman–Crippen MR) is 46.2 cm³/mol. The van der Waals surface area contributed by atoms with Gasteiger partial charge in [0.1, 0.15) is 0 Å². The molecule has 10 heavy (non-hydrogen) atoms. The summed E-state index contributed by atoms with van der Waals surface area (Å²) in [6.45, 7) is 4.12. The number of hydrogen-bond donors (Lipinski definition) is 3. The van der Waals surface area contributed by atoms with Gasteiger partial charge in [-0.1, -0.05) is 13.8 Å². The average Bonchev–Trinajstić information content (AvgIpc) is 1.85. The van der Waals surface area contributed by atoms with Crippen LogP contribution in [0.15, 0.2) is 0 Å². The summed E-state index contributed by atoms with van der Waals surface area (Å²) in [5, 5.41) is 0. The van der Waals surface area contributed by atoms with Gasteiger partial charge in [-0.25, -0.2) is 4.72 Å². The van der Waals surface area contributed by atoms with Gasteiger partial charge in [0.15, 0.2) is 0 Å². The van der Waals surface area contributed by atoms with Crippen LogP contribution in [0, 0.1) is 5.92 Å². The number of rotatable bonds is 4. The van der Waals surface area contributed by atoms with Gasteiger partial charge in [0.2, 0.25) is 0 Å². The first-order valence-corrected chi connectivity index (χ1v) is 5.14. The van der Waals surface area contributed by atoms with Gasteiger partial charge in [-0.05, 0) is 12.3 Å². The molecular formula is C6H17NO2S. The summed E-state index contributed by atoms with van der Waals surface area (Å²) in [5.41, 5.74) is 0. The van der Waals surface area contributed by atoms with Crippen LogP contribution < -0.4 is 4.72 Å². The standard InChI is InChI=1S/C6H17NO2S/c1-6(2)4-5-10(8,9)7-3/h6-9H,4-5H2,1-3H3. The Morgan fingerprint density at radius 1 is 1.40 bits per heavy atom. The van der Waals surface area contributed by atoms with E-state index in [1.54, 1.807) is 7.05 Å². The highest BCUT2D eigenvalue weighted by atomic mass is 32.3. The van der Waals surface area contributed by atoms with E-state index in [2.05, 4.69) is 18.6 Å². The van der Waals surface area contributed by atoms with Gasteiger partial charge in [-0.3, -0.25) is 9.11 Å². The van der Waals surface area contributed by atoms with Crippen LogP contribution in [0.2, 0.25) is 0 Å². The van der Waals surface area contributed by atoms with E-state index in [-0.39, 0.29) is 0 Å². The molecule has 0 aromatic carbocycles. The molecule has 0 bridgehead atoms. The van der Waals surface area contributed by atoms with Crippen molar-refractivity contribution in [3.05, 3.63) is 0 Å². The van der Waals surface area contributed by atoms with Crippen LogP contribution in [0.5, 0.6) is 0 Å². The molecule has 0 saturated heterocycles. The molecule has 0 fully saturated rings. The molecule has 0 aliphatic carbocycles. The highest BCUT2D eigenvalue weighted by Gasteiger charge is 2.08. The van der Waals surface area contributed by atoms with E-state index in [1.807, 2.05) is 0 Å². The zero-order valence-corrected chi connectivity index (χ0v) is 7.61. The van der Waals surface area contributed by atoms with E-state index in [9.17, 15) is 0 Å². The van der Waals surface area contributed by atoms with Crippen molar-refractivity contribution in [2.24, 2.45) is 5.92 Å². The van der Waals surface area contributed by atoms with Gasteiger partial charge in [0.05, 0.1) is 5.75 Å². The van der Waals surface area contributed by atoms with Gasteiger partial charge in [-0.2, -0.15) is 0 Å². The fourth-order valence-electron chi connectivity index (χ4n) is 0.502. The molecule has 0 radical (unpaired) electrons. The van der Waals surface area contributed by atoms with Crippen molar-refractivity contribution in [3.63, 3.8) is 0 Å². The van der Waals surface area contributed by atoms with E-state index in [1.165, 1.54) is 0 Å². The second-order valence-electron chi connectivity index (χ2n) is 2.76. The maximum atomic E-state index is 9.10. The van der Waals surface area contributed by atoms with Crippen molar-refractivity contribution in [3.8, 4) is 0 Å².